The Labute approximate surface area is 128 Å². The number of rotatable bonds is 1. The summed E-state index contributed by atoms with van der Waals surface area (Å²) in [5.74, 6) is 0.404. The summed E-state index contributed by atoms with van der Waals surface area (Å²) in [5, 5.41) is 6.67. The predicted molar refractivity (Wildman–Crippen MR) is 86.8 cm³/mol. The number of benzene rings is 1. The van der Waals surface area contributed by atoms with Gasteiger partial charge in [0.15, 0.2) is 15.5 Å². The van der Waals surface area contributed by atoms with Crippen LogP contribution in [0, 0.1) is 13.8 Å². The molecule has 2 aromatic heterocycles. The fraction of sp³-hybridized carbons (Fsp3) is 0.375. The van der Waals surface area contributed by atoms with E-state index in [1.807, 2.05) is 23.7 Å². The highest BCUT2D eigenvalue weighted by Gasteiger charge is 2.31. The molecule has 1 aliphatic rings. The zero-order valence-corrected chi connectivity index (χ0v) is 13.4. The Hall–Kier alpha value is -1.95. The maximum Gasteiger partial charge on any atom is 0.159 e. The monoisotopic (exact) mass is 315 g/mol. The van der Waals surface area contributed by atoms with Gasteiger partial charge in [-0.3, -0.25) is 0 Å². The van der Waals surface area contributed by atoms with Crippen LogP contribution in [0.25, 0.3) is 21.9 Å². The van der Waals surface area contributed by atoms with Crippen molar-refractivity contribution in [1.82, 2.24) is 14.8 Å². The van der Waals surface area contributed by atoms with Crippen LogP contribution >= 0.6 is 0 Å². The van der Waals surface area contributed by atoms with Crippen molar-refractivity contribution in [2.75, 3.05) is 11.5 Å². The fourth-order valence-corrected chi connectivity index (χ4v) is 4.90. The molecule has 22 heavy (non-hydrogen) atoms. The normalized spacial score (nSPS) is 20.9. The molecule has 0 amide bonds. The van der Waals surface area contributed by atoms with Gasteiger partial charge in [-0.2, -0.15) is 5.10 Å². The highest BCUT2D eigenvalue weighted by Crippen LogP contribution is 2.29. The van der Waals surface area contributed by atoms with Crippen molar-refractivity contribution >= 4 is 31.8 Å². The van der Waals surface area contributed by atoms with Gasteiger partial charge in [0, 0.05) is 10.8 Å². The molecule has 0 radical (unpaired) electrons. The zero-order chi connectivity index (χ0) is 15.5. The van der Waals surface area contributed by atoms with E-state index in [2.05, 4.69) is 24.2 Å². The predicted octanol–water partition coefficient (Wildman–Crippen LogP) is 2.56. The van der Waals surface area contributed by atoms with Crippen LogP contribution in [-0.4, -0.2) is 34.7 Å². The summed E-state index contributed by atoms with van der Waals surface area (Å²) in [4.78, 5) is 4.74. The Morgan fingerprint density at radius 1 is 1.23 bits per heavy atom. The molecule has 3 aromatic rings. The van der Waals surface area contributed by atoms with E-state index in [0.29, 0.717) is 6.42 Å². The van der Waals surface area contributed by atoms with Crippen LogP contribution < -0.4 is 0 Å². The van der Waals surface area contributed by atoms with Gasteiger partial charge in [-0.05, 0) is 38.5 Å². The quantitative estimate of drug-likeness (QED) is 0.692. The molecular weight excluding hydrogens is 298 g/mol. The lowest BCUT2D eigenvalue weighted by atomic mass is 10.1. The minimum absolute atomic E-state index is 0.100. The summed E-state index contributed by atoms with van der Waals surface area (Å²) in [5.41, 5.74) is 3.80. The van der Waals surface area contributed by atoms with Crippen molar-refractivity contribution < 1.29 is 8.42 Å². The number of sulfone groups is 1. The Kier molecular flexibility index (Phi) is 2.81. The van der Waals surface area contributed by atoms with Crippen molar-refractivity contribution in [3.63, 3.8) is 0 Å². The van der Waals surface area contributed by atoms with Crippen molar-refractivity contribution in [2.24, 2.45) is 0 Å². The molecule has 1 saturated heterocycles. The molecule has 0 bridgehead atoms. The van der Waals surface area contributed by atoms with E-state index in [4.69, 9.17) is 4.98 Å². The van der Waals surface area contributed by atoms with Gasteiger partial charge in [0.2, 0.25) is 0 Å². The van der Waals surface area contributed by atoms with Gasteiger partial charge < -0.3 is 0 Å². The van der Waals surface area contributed by atoms with Crippen LogP contribution in [-0.2, 0) is 9.84 Å². The molecule has 4 rings (SSSR count). The lowest BCUT2D eigenvalue weighted by Gasteiger charge is -2.09. The first-order chi connectivity index (χ1) is 10.4. The second-order valence-electron chi connectivity index (χ2n) is 6.14. The summed E-state index contributed by atoms with van der Waals surface area (Å²) in [6.07, 6.45) is 0.617. The van der Waals surface area contributed by atoms with Gasteiger partial charge >= 0.3 is 0 Å². The van der Waals surface area contributed by atoms with Gasteiger partial charge in [-0.25, -0.2) is 18.1 Å². The topological polar surface area (TPSA) is 64.8 Å². The molecule has 1 atom stereocenters. The van der Waals surface area contributed by atoms with E-state index in [0.717, 1.165) is 27.6 Å². The number of hydrogen-bond acceptors (Lipinski definition) is 4. The molecule has 0 aliphatic carbocycles. The highest BCUT2D eigenvalue weighted by atomic mass is 32.2. The summed E-state index contributed by atoms with van der Waals surface area (Å²) in [7, 11) is -2.94. The molecule has 0 N–H and O–H groups in total. The van der Waals surface area contributed by atoms with Gasteiger partial charge in [-0.15, -0.1) is 0 Å². The summed E-state index contributed by atoms with van der Waals surface area (Å²) in [6.45, 7) is 4.01. The molecular formula is C16H17N3O2S. The molecule has 0 saturated carbocycles. The second-order valence-corrected chi connectivity index (χ2v) is 8.37. The van der Waals surface area contributed by atoms with E-state index < -0.39 is 9.84 Å². The van der Waals surface area contributed by atoms with E-state index in [1.54, 1.807) is 0 Å². The van der Waals surface area contributed by atoms with Crippen molar-refractivity contribution in [1.29, 1.82) is 0 Å². The number of pyridine rings is 1. The number of hydrogen-bond donors (Lipinski definition) is 0. The van der Waals surface area contributed by atoms with Gasteiger partial charge in [0.1, 0.15) is 0 Å². The first-order valence-corrected chi connectivity index (χ1v) is 9.22. The maximum atomic E-state index is 11.7. The van der Waals surface area contributed by atoms with E-state index in [-0.39, 0.29) is 17.5 Å². The van der Waals surface area contributed by atoms with Crippen LogP contribution in [0.15, 0.2) is 24.3 Å². The lowest BCUT2D eigenvalue weighted by Crippen LogP contribution is -2.13. The van der Waals surface area contributed by atoms with Gasteiger partial charge in [0.05, 0.1) is 28.8 Å². The SMILES string of the molecule is Cc1ccc2nc3c(cc2c1)c(C)nn3C1CCS(=O)(=O)C1. The third-order valence-electron chi connectivity index (χ3n) is 4.37. The van der Waals surface area contributed by atoms with Gasteiger partial charge in [0.25, 0.3) is 0 Å². The number of nitrogens with zero attached hydrogens (tertiary/aromatic N) is 3. The molecule has 3 heterocycles. The summed E-state index contributed by atoms with van der Waals surface area (Å²) >= 11 is 0. The number of aromatic nitrogens is 3. The van der Waals surface area contributed by atoms with Crippen molar-refractivity contribution in [3.05, 3.63) is 35.5 Å². The van der Waals surface area contributed by atoms with Gasteiger partial charge in [-0.1, -0.05) is 11.6 Å². The zero-order valence-electron chi connectivity index (χ0n) is 12.6. The Balaban J connectivity index is 1.95. The Bertz CT molecular complexity index is 1010. The standard InChI is InChI=1S/C16H17N3O2S/c1-10-3-4-15-12(7-10)8-14-11(2)18-19(16(14)17-15)13-5-6-22(20,21)9-13/h3-4,7-8,13H,5-6,9H2,1-2H3. The van der Waals surface area contributed by atoms with E-state index in [9.17, 15) is 8.42 Å². The van der Waals surface area contributed by atoms with Crippen LogP contribution in [0.3, 0.4) is 0 Å². The van der Waals surface area contributed by atoms with E-state index in [1.165, 1.54) is 5.56 Å². The maximum absolute atomic E-state index is 11.7. The van der Waals surface area contributed by atoms with E-state index >= 15 is 0 Å². The Morgan fingerprint density at radius 3 is 2.77 bits per heavy atom. The smallest absolute Gasteiger partial charge is 0.159 e. The van der Waals surface area contributed by atoms with Crippen LogP contribution in [0.5, 0.6) is 0 Å². The third kappa shape index (κ3) is 2.09. The molecule has 5 nitrogen and oxygen atoms in total. The minimum atomic E-state index is -2.94. The lowest BCUT2D eigenvalue weighted by molar-refractivity contribution is 0.509. The van der Waals surface area contributed by atoms with Crippen molar-refractivity contribution in [3.8, 4) is 0 Å². The third-order valence-corrected chi connectivity index (χ3v) is 6.12. The summed E-state index contributed by atoms with van der Waals surface area (Å²) < 4.78 is 25.3. The van der Waals surface area contributed by atoms with Crippen molar-refractivity contribution in [2.45, 2.75) is 26.3 Å². The second kappa shape index (κ2) is 4.52. The average molecular weight is 315 g/mol. The van der Waals surface area contributed by atoms with Crippen LogP contribution in [0.4, 0.5) is 0 Å². The first kappa shape index (κ1) is 13.7. The first-order valence-electron chi connectivity index (χ1n) is 7.40. The molecule has 1 aliphatic heterocycles. The average Bonchev–Trinajstić information content (AvgIpc) is 2.97. The molecule has 114 valence electrons. The van der Waals surface area contributed by atoms with Crippen LogP contribution in [0.1, 0.15) is 23.7 Å². The number of aryl methyl sites for hydroxylation is 2. The molecule has 6 heteroatoms. The largest absolute Gasteiger partial charge is 0.243 e. The molecule has 1 aromatic carbocycles. The number of fused-ring (bicyclic) bond motifs is 2. The molecule has 0 spiro atoms. The minimum Gasteiger partial charge on any atom is -0.243 e. The highest BCUT2D eigenvalue weighted by molar-refractivity contribution is 7.91. The Morgan fingerprint density at radius 2 is 2.05 bits per heavy atom. The van der Waals surface area contributed by atoms with Crippen LogP contribution in [0.2, 0.25) is 0 Å². The summed E-state index contributed by atoms with van der Waals surface area (Å²) in [6, 6.07) is 8.15. The molecule has 1 fully saturated rings. The molecule has 1 unspecified atom stereocenters. The fourth-order valence-electron chi connectivity index (χ4n) is 3.21.